The van der Waals surface area contributed by atoms with Crippen molar-refractivity contribution >= 4 is 29.2 Å². The summed E-state index contributed by atoms with van der Waals surface area (Å²) < 4.78 is 5.25. The molecular formula is C20H34N4O4. The van der Waals surface area contributed by atoms with E-state index in [0.29, 0.717) is 13.0 Å². The molecule has 0 fully saturated rings. The SMILES string of the molecule is C/C1=N/NC(=O)CCC(=O)N/N=C(/C)CCCCCC(=O)OCCCCCC1. The van der Waals surface area contributed by atoms with Crippen LogP contribution in [0.25, 0.3) is 0 Å². The molecule has 28 heavy (non-hydrogen) atoms. The molecule has 0 unspecified atom stereocenters. The molecule has 2 amide bonds. The van der Waals surface area contributed by atoms with E-state index < -0.39 is 0 Å². The molecule has 8 nitrogen and oxygen atoms in total. The number of hydrazone groups is 2. The Balaban J connectivity index is 2.49. The number of carbonyl (C=O) groups excluding carboxylic acids is 3. The summed E-state index contributed by atoms with van der Waals surface area (Å²) in [7, 11) is 0. The summed E-state index contributed by atoms with van der Waals surface area (Å²) in [5.41, 5.74) is 6.63. The van der Waals surface area contributed by atoms with E-state index in [9.17, 15) is 14.4 Å². The van der Waals surface area contributed by atoms with Crippen molar-refractivity contribution < 1.29 is 19.1 Å². The first-order chi connectivity index (χ1) is 13.5. The van der Waals surface area contributed by atoms with E-state index in [1.807, 2.05) is 13.8 Å². The molecule has 8 heteroatoms. The predicted octanol–water partition coefficient (Wildman–Crippen LogP) is 3.21. The van der Waals surface area contributed by atoms with E-state index >= 15 is 0 Å². The van der Waals surface area contributed by atoms with Crippen LogP contribution >= 0.6 is 0 Å². The molecule has 0 aliphatic carbocycles. The molecule has 0 bridgehead atoms. The Morgan fingerprint density at radius 3 is 1.68 bits per heavy atom. The smallest absolute Gasteiger partial charge is 0.305 e. The minimum atomic E-state index is -0.295. The summed E-state index contributed by atoms with van der Waals surface area (Å²) in [6.07, 6.45) is 8.62. The Bertz CT molecular complexity index is 573. The van der Waals surface area contributed by atoms with Crippen LogP contribution in [0.5, 0.6) is 0 Å². The lowest BCUT2D eigenvalue weighted by Gasteiger charge is -2.05. The molecule has 0 radical (unpaired) electrons. The predicted molar refractivity (Wildman–Crippen MR) is 109 cm³/mol. The highest BCUT2D eigenvalue weighted by Gasteiger charge is 2.07. The van der Waals surface area contributed by atoms with E-state index in [2.05, 4.69) is 21.1 Å². The van der Waals surface area contributed by atoms with E-state index in [1.165, 1.54) is 0 Å². The van der Waals surface area contributed by atoms with Gasteiger partial charge in [0.15, 0.2) is 0 Å². The second kappa shape index (κ2) is 14.8. The first kappa shape index (κ1) is 23.8. The molecular weight excluding hydrogens is 360 g/mol. The third kappa shape index (κ3) is 13.0. The summed E-state index contributed by atoms with van der Waals surface area (Å²) in [5.74, 6) is -0.707. The number of hydrogen-bond donors (Lipinski definition) is 2. The second-order valence-corrected chi connectivity index (χ2v) is 7.21. The average Bonchev–Trinajstić information content (AvgIpc) is 2.67. The molecule has 0 saturated heterocycles. The van der Waals surface area contributed by atoms with Crippen LogP contribution in [0.3, 0.4) is 0 Å². The highest BCUT2D eigenvalue weighted by Crippen LogP contribution is 2.07. The largest absolute Gasteiger partial charge is 0.466 e. The fraction of sp³-hybridized carbons (Fsp3) is 0.750. The van der Waals surface area contributed by atoms with Gasteiger partial charge in [0.1, 0.15) is 0 Å². The standard InChI is InChI=1S/C20H34N4O4/c1-16-10-6-3-4-9-15-28-20(27)12-8-5-7-11-17(2)22-24-19(26)14-13-18(25)23-21-16/h3-15H2,1-2H3,(H,23,25)(H,24,26)/b21-16-,22-17-. The molecule has 0 atom stereocenters. The maximum absolute atomic E-state index is 11.8. The van der Waals surface area contributed by atoms with Crippen molar-refractivity contribution in [1.82, 2.24) is 10.9 Å². The van der Waals surface area contributed by atoms with Crippen molar-refractivity contribution in [1.29, 1.82) is 0 Å². The first-order valence-corrected chi connectivity index (χ1v) is 10.3. The number of rotatable bonds is 0. The maximum Gasteiger partial charge on any atom is 0.305 e. The van der Waals surface area contributed by atoms with Crippen LogP contribution < -0.4 is 10.9 Å². The number of hydrogen-bond acceptors (Lipinski definition) is 6. The Hall–Kier alpha value is -2.25. The monoisotopic (exact) mass is 394 g/mol. The number of nitrogens with zero attached hydrogens (tertiary/aromatic N) is 2. The van der Waals surface area contributed by atoms with Crippen LogP contribution in [0.1, 0.15) is 90.9 Å². The second-order valence-electron chi connectivity index (χ2n) is 7.21. The Morgan fingerprint density at radius 1 is 0.643 bits per heavy atom. The Morgan fingerprint density at radius 2 is 1.11 bits per heavy atom. The zero-order chi connectivity index (χ0) is 20.6. The zero-order valence-corrected chi connectivity index (χ0v) is 17.2. The highest BCUT2D eigenvalue weighted by atomic mass is 16.5. The number of nitrogens with one attached hydrogen (secondary N) is 2. The van der Waals surface area contributed by atoms with Crippen molar-refractivity contribution in [3.63, 3.8) is 0 Å². The van der Waals surface area contributed by atoms with E-state index in [4.69, 9.17) is 4.74 Å². The van der Waals surface area contributed by atoms with Gasteiger partial charge in [0.05, 0.1) is 6.61 Å². The fourth-order valence-corrected chi connectivity index (χ4v) is 2.69. The Labute approximate surface area is 167 Å². The van der Waals surface area contributed by atoms with Gasteiger partial charge in [-0.05, 0) is 52.4 Å². The minimum absolute atomic E-state index is 0.0687. The third-order valence-corrected chi connectivity index (χ3v) is 4.44. The number of esters is 1. The molecule has 1 aliphatic rings. The van der Waals surface area contributed by atoms with Gasteiger partial charge in [-0.3, -0.25) is 14.4 Å². The van der Waals surface area contributed by atoms with Gasteiger partial charge < -0.3 is 4.74 Å². The van der Waals surface area contributed by atoms with Gasteiger partial charge in [-0.2, -0.15) is 10.2 Å². The summed E-state index contributed by atoms with van der Waals surface area (Å²) in [6, 6.07) is 0. The van der Waals surface area contributed by atoms with Crippen LogP contribution in [0, 0.1) is 0 Å². The number of ether oxygens (including phenoxy) is 1. The highest BCUT2D eigenvalue weighted by molar-refractivity contribution is 5.87. The van der Waals surface area contributed by atoms with Gasteiger partial charge in [-0.1, -0.05) is 19.3 Å². The van der Waals surface area contributed by atoms with Crippen LogP contribution in [0.2, 0.25) is 0 Å². The van der Waals surface area contributed by atoms with Crippen molar-refractivity contribution in [2.24, 2.45) is 10.2 Å². The lowest BCUT2D eigenvalue weighted by Crippen LogP contribution is -2.24. The van der Waals surface area contributed by atoms with Crippen molar-refractivity contribution in [2.75, 3.05) is 6.61 Å². The van der Waals surface area contributed by atoms with E-state index in [1.54, 1.807) is 0 Å². The maximum atomic E-state index is 11.8. The molecule has 0 aromatic rings. The lowest BCUT2D eigenvalue weighted by molar-refractivity contribution is -0.143. The Kier molecular flexibility index (Phi) is 12.5. The van der Waals surface area contributed by atoms with Crippen molar-refractivity contribution in [2.45, 2.75) is 90.9 Å². The topological polar surface area (TPSA) is 109 Å². The molecule has 1 rings (SSSR count). The molecule has 0 aromatic carbocycles. The molecule has 0 spiro atoms. The van der Waals surface area contributed by atoms with E-state index in [0.717, 1.165) is 69.2 Å². The lowest BCUT2D eigenvalue weighted by atomic mass is 10.1. The summed E-state index contributed by atoms with van der Waals surface area (Å²) in [4.78, 5) is 35.2. The van der Waals surface area contributed by atoms with Crippen LogP contribution in [-0.2, 0) is 19.1 Å². The molecule has 1 heterocycles. The molecule has 0 aromatic heterocycles. The van der Waals surface area contributed by atoms with Gasteiger partial charge in [-0.25, -0.2) is 10.9 Å². The van der Waals surface area contributed by atoms with Crippen molar-refractivity contribution in [3.05, 3.63) is 0 Å². The van der Waals surface area contributed by atoms with Gasteiger partial charge >= 0.3 is 5.97 Å². The molecule has 0 saturated carbocycles. The molecule has 1 aliphatic heterocycles. The first-order valence-electron chi connectivity index (χ1n) is 10.3. The van der Waals surface area contributed by atoms with Crippen LogP contribution in [0.4, 0.5) is 0 Å². The van der Waals surface area contributed by atoms with Crippen LogP contribution in [-0.4, -0.2) is 35.8 Å². The summed E-state index contributed by atoms with van der Waals surface area (Å²) in [6.45, 7) is 4.20. The zero-order valence-electron chi connectivity index (χ0n) is 17.2. The van der Waals surface area contributed by atoms with E-state index in [-0.39, 0.29) is 30.6 Å². The van der Waals surface area contributed by atoms with Gasteiger partial charge in [0.2, 0.25) is 11.8 Å². The quantitative estimate of drug-likeness (QED) is 0.615. The normalized spacial score (nSPS) is 24.6. The fourth-order valence-electron chi connectivity index (χ4n) is 2.69. The molecule has 158 valence electrons. The van der Waals surface area contributed by atoms with Gasteiger partial charge in [0, 0.05) is 30.7 Å². The number of carbonyl (C=O) groups is 3. The average molecular weight is 395 g/mol. The summed E-state index contributed by atoms with van der Waals surface area (Å²) >= 11 is 0. The van der Waals surface area contributed by atoms with Crippen molar-refractivity contribution in [3.8, 4) is 0 Å². The van der Waals surface area contributed by atoms with Gasteiger partial charge in [-0.15, -0.1) is 0 Å². The minimum Gasteiger partial charge on any atom is -0.466 e. The number of amides is 2. The van der Waals surface area contributed by atoms with Gasteiger partial charge in [0.25, 0.3) is 0 Å². The molecule has 2 N–H and O–H groups in total. The summed E-state index contributed by atoms with van der Waals surface area (Å²) in [5, 5.41) is 8.11. The third-order valence-electron chi connectivity index (χ3n) is 4.44. The van der Waals surface area contributed by atoms with Crippen LogP contribution in [0.15, 0.2) is 10.2 Å². The number of cyclic esters (lactones) is 1.